The summed E-state index contributed by atoms with van der Waals surface area (Å²) in [5.74, 6) is 0.725. The molecule has 1 amide bonds. The predicted molar refractivity (Wildman–Crippen MR) is 160 cm³/mol. The largest absolute Gasteiger partial charge is 0.461 e. The normalized spacial score (nSPS) is 19.4. The first-order chi connectivity index (χ1) is 19.9. The summed E-state index contributed by atoms with van der Waals surface area (Å²) in [5, 5.41) is 15.4. The smallest absolute Gasteiger partial charge is 0.318 e. The zero-order valence-electron chi connectivity index (χ0n) is 23.9. The van der Waals surface area contributed by atoms with E-state index in [0.717, 1.165) is 42.9 Å². The number of benzene rings is 2. The molecule has 9 nitrogen and oxygen atoms in total. The number of likely N-dealkylation sites (N-methyl/N-ethyl adjacent to an activating group) is 1. The van der Waals surface area contributed by atoms with Gasteiger partial charge in [0.05, 0.1) is 36.3 Å². The number of hydrogen-bond donors (Lipinski definition) is 1. The molecular formula is C32H37N7O2. The minimum absolute atomic E-state index is 0.000505. The van der Waals surface area contributed by atoms with Gasteiger partial charge in [-0.3, -0.25) is 4.79 Å². The quantitative estimate of drug-likeness (QED) is 0.423. The average Bonchev–Trinajstić information content (AvgIpc) is 3.79. The van der Waals surface area contributed by atoms with Gasteiger partial charge in [0, 0.05) is 42.8 Å². The number of nitrogens with one attached hydrogen (secondary N) is 1. The molecule has 1 atom stereocenters. The van der Waals surface area contributed by atoms with Crippen molar-refractivity contribution in [2.45, 2.75) is 50.7 Å². The summed E-state index contributed by atoms with van der Waals surface area (Å²) < 4.78 is 6.24. The molecular weight excluding hydrogens is 514 g/mol. The fourth-order valence-corrected chi connectivity index (χ4v) is 6.24. The minimum Gasteiger partial charge on any atom is -0.461 e. The Balaban J connectivity index is 1.35. The lowest BCUT2D eigenvalue weighted by Crippen LogP contribution is -2.55. The fraction of sp³-hybridized carbons (Fsp3) is 0.438. The Kier molecular flexibility index (Phi) is 7.26. The Morgan fingerprint density at radius 3 is 2.73 bits per heavy atom. The van der Waals surface area contributed by atoms with E-state index in [9.17, 15) is 10.1 Å². The van der Waals surface area contributed by atoms with Crippen molar-refractivity contribution in [1.29, 1.82) is 5.26 Å². The van der Waals surface area contributed by atoms with E-state index >= 15 is 0 Å². The number of nitriles is 1. The monoisotopic (exact) mass is 551 g/mol. The highest BCUT2D eigenvalue weighted by Crippen LogP contribution is 2.37. The molecule has 0 spiro atoms. The van der Waals surface area contributed by atoms with Gasteiger partial charge in [-0.1, -0.05) is 36.9 Å². The zero-order valence-corrected chi connectivity index (χ0v) is 23.9. The number of aryl methyl sites for hydroxylation is 1. The Labute approximate surface area is 241 Å². The van der Waals surface area contributed by atoms with E-state index in [1.165, 1.54) is 28.1 Å². The van der Waals surface area contributed by atoms with Crippen molar-refractivity contribution in [2.75, 3.05) is 49.6 Å². The van der Waals surface area contributed by atoms with Gasteiger partial charge in [-0.25, -0.2) is 0 Å². The Morgan fingerprint density at radius 2 is 2.00 bits per heavy atom. The zero-order chi connectivity index (χ0) is 28.6. The van der Waals surface area contributed by atoms with Crippen molar-refractivity contribution in [3.8, 4) is 12.1 Å². The summed E-state index contributed by atoms with van der Waals surface area (Å²) in [6, 6.07) is 15.3. The van der Waals surface area contributed by atoms with Gasteiger partial charge in [0.15, 0.2) is 0 Å². The molecule has 1 saturated carbocycles. The van der Waals surface area contributed by atoms with E-state index in [1.807, 2.05) is 7.05 Å². The van der Waals surface area contributed by atoms with Gasteiger partial charge in [-0.2, -0.15) is 15.2 Å². The van der Waals surface area contributed by atoms with Crippen molar-refractivity contribution in [1.82, 2.24) is 20.2 Å². The van der Waals surface area contributed by atoms with E-state index in [0.29, 0.717) is 38.8 Å². The standard InChI is InChI=1S/C32H37N7O2/c1-4-28(40)39-18-17-38(19-24(39)11-15-33)30-25-12-16-37(27-10-6-9-23-8-5-7-22(2)29(23)27)20-26(25)35-31(36-30)41-21-32(34-3)13-14-32/h4-10,24,34H,1,11-14,16-21H2,2-3H3/t24-/m0/s1. The summed E-state index contributed by atoms with van der Waals surface area (Å²) in [6.45, 7) is 9.50. The summed E-state index contributed by atoms with van der Waals surface area (Å²) in [7, 11) is 1.97. The van der Waals surface area contributed by atoms with Crippen molar-refractivity contribution in [3.63, 3.8) is 0 Å². The number of carbonyl (C=O) groups is 1. The maximum absolute atomic E-state index is 12.5. The van der Waals surface area contributed by atoms with Gasteiger partial charge < -0.3 is 24.8 Å². The molecule has 2 aliphatic heterocycles. The Morgan fingerprint density at radius 1 is 1.20 bits per heavy atom. The minimum atomic E-state index is -0.230. The van der Waals surface area contributed by atoms with Gasteiger partial charge in [0.25, 0.3) is 0 Å². The molecule has 1 aromatic heterocycles. The lowest BCUT2D eigenvalue weighted by Gasteiger charge is -2.42. The van der Waals surface area contributed by atoms with Gasteiger partial charge in [-0.05, 0) is 56.3 Å². The second kappa shape index (κ2) is 11.0. The number of rotatable bonds is 8. The highest BCUT2D eigenvalue weighted by atomic mass is 16.5. The van der Waals surface area contributed by atoms with Crippen LogP contribution in [-0.2, 0) is 17.8 Å². The molecule has 0 unspecified atom stereocenters. The summed E-state index contributed by atoms with van der Waals surface area (Å²) in [6.07, 6.45) is 4.53. The van der Waals surface area contributed by atoms with Crippen molar-refractivity contribution in [2.24, 2.45) is 0 Å². The molecule has 3 aliphatic rings. The van der Waals surface area contributed by atoms with E-state index < -0.39 is 0 Å². The molecule has 3 aromatic rings. The second-order valence-electron chi connectivity index (χ2n) is 11.4. The van der Waals surface area contributed by atoms with Crippen molar-refractivity contribution < 1.29 is 9.53 Å². The number of ether oxygens (including phenoxy) is 1. The van der Waals surface area contributed by atoms with Crippen molar-refractivity contribution in [3.05, 3.63) is 65.9 Å². The summed E-state index contributed by atoms with van der Waals surface area (Å²) in [5.41, 5.74) is 4.57. The number of amides is 1. The predicted octanol–water partition coefficient (Wildman–Crippen LogP) is 3.75. The fourth-order valence-electron chi connectivity index (χ4n) is 6.24. The number of carbonyl (C=O) groups excluding carboxylic acids is 1. The highest BCUT2D eigenvalue weighted by Gasteiger charge is 2.42. The van der Waals surface area contributed by atoms with Crippen LogP contribution in [0.4, 0.5) is 11.5 Å². The van der Waals surface area contributed by atoms with Crippen LogP contribution >= 0.6 is 0 Å². The van der Waals surface area contributed by atoms with Crippen LogP contribution in [0.15, 0.2) is 49.1 Å². The Hall–Kier alpha value is -4.16. The number of nitrogens with zero attached hydrogens (tertiary/aromatic N) is 6. The van der Waals surface area contributed by atoms with Crippen LogP contribution in [-0.4, -0.2) is 72.2 Å². The molecule has 0 bridgehead atoms. The molecule has 2 fully saturated rings. The van der Waals surface area contributed by atoms with Crippen molar-refractivity contribution >= 4 is 28.2 Å². The molecule has 1 N–H and O–H groups in total. The van der Waals surface area contributed by atoms with Crippen LogP contribution in [0.2, 0.25) is 0 Å². The van der Waals surface area contributed by atoms with E-state index in [4.69, 9.17) is 14.7 Å². The van der Waals surface area contributed by atoms with Crippen LogP contribution in [0.3, 0.4) is 0 Å². The van der Waals surface area contributed by atoms with Crippen LogP contribution in [0.1, 0.15) is 36.1 Å². The SMILES string of the molecule is C=CC(=O)N1CCN(c2nc(OCC3(NC)CC3)nc3c2CCN(c2cccc4cccc(C)c24)C3)C[C@@H]1CC#N. The lowest BCUT2D eigenvalue weighted by atomic mass is 9.99. The topological polar surface area (TPSA) is 97.6 Å². The third-order valence-electron chi connectivity index (χ3n) is 8.88. The van der Waals surface area contributed by atoms with E-state index in [1.54, 1.807) is 4.90 Å². The van der Waals surface area contributed by atoms with Crippen LogP contribution in [0, 0.1) is 18.3 Å². The Bertz CT molecular complexity index is 1520. The number of anilines is 2. The maximum Gasteiger partial charge on any atom is 0.318 e. The van der Waals surface area contributed by atoms with Gasteiger partial charge >= 0.3 is 6.01 Å². The number of hydrogen-bond acceptors (Lipinski definition) is 8. The molecule has 1 aliphatic carbocycles. The molecule has 0 radical (unpaired) electrons. The van der Waals surface area contributed by atoms with Crippen LogP contribution in [0.5, 0.6) is 6.01 Å². The molecule has 3 heterocycles. The van der Waals surface area contributed by atoms with E-state index in [-0.39, 0.29) is 23.9 Å². The number of aromatic nitrogens is 2. The molecule has 6 rings (SSSR count). The van der Waals surface area contributed by atoms with E-state index in [2.05, 4.69) is 71.1 Å². The molecule has 1 saturated heterocycles. The number of piperazine rings is 1. The first-order valence-electron chi connectivity index (χ1n) is 14.4. The van der Waals surface area contributed by atoms with Gasteiger partial charge in [0.2, 0.25) is 5.91 Å². The van der Waals surface area contributed by atoms with Gasteiger partial charge in [-0.15, -0.1) is 0 Å². The molecule has 9 heteroatoms. The molecule has 212 valence electrons. The summed E-state index contributed by atoms with van der Waals surface area (Å²) >= 11 is 0. The number of fused-ring (bicyclic) bond motifs is 2. The molecule has 2 aromatic carbocycles. The third-order valence-corrected chi connectivity index (χ3v) is 8.88. The second-order valence-corrected chi connectivity index (χ2v) is 11.4. The highest BCUT2D eigenvalue weighted by molar-refractivity contribution is 5.97. The first kappa shape index (κ1) is 27.0. The third kappa shape index (κ3) is 5.20. The lowest BCUT2D eigenvalue weighted by molar-refractivity contribution is -0.128. The van der Waals surface area contributed by atoms with Crippen LogP contribution in [0.25, 0.3) is 10.8 Å². The maximum atomic E-state index is 12.5. The molecule has 41 heavy (non-hydrogen) atoms. The average molecular weight is 552 g/mol. The first-order valence-corrected chi connectivity index (χ1v) is 14.4. The van der Waals surface area contributed by atoms with Crippen LogP contribution < -0.4 is 19.9 Å². The summed E-state index contributed by atoms with van der Waals surface area (Å²) in [4.78, 5) is 28.8. The van der Waals surface area contributed by atoms with Gasteiger partial charge in [0.1, 0.15) is 12.4 Å².